The number of nitrogens with zero attached hydrogens (tertiary/aromatic N) is 2. The van der Waals surface area contributed by atoms with Gasteiger partial charge in [0.2, 0.25) is 0 Å². The molecule has 3 heteroatoms. The van der Waals surface area contributed by atoms with Crippen molar-refractivity contribution >= 4 is 11.3 Å². The highest BCUT2D eigenvalue weighted by atomic mass is 16.4. The maximum atomic E-state index is 9.26. The van der Waals surface area contributed by atoms with Gasteiger partial charge in [-0.05, 0) is 84.1 Å². The molecule has 0 spiro atoms. The predicted molar refractivity (Wildman–Crippen MR) is 113 cm³/mol. The lowest BCUT2D eigenvalue weighted by atomic mass is 9.46. The molecule has 1 aromatic rings. The topological polar surface area (TPSA) is 45.5 Å². The molecule has 0 aliphatic heterocycles. The number of allylic oxidation sites excluding steroid dienone is 6. The van der Waals surface area contributed by atoms with Gasteiger partial charge in [-0.3, -0.25) is 4.98 Å². The molecule has 4 aliphatic rings. The second kappa shape index (κ2) is 6.17. The standard InChI is InChI=1S/C25H30N2O/c1-16-13-19-21-7-6-20(17-5-4-12-26-15-17)24(21,2)11-9-22(19)25(3)10-8-18(27-28)14-23(16)25/h4-6,8,10,12,14-16,19,21-22,28H,7,9,11,13H2,1-3H3/t16?,19?,21?,22?,24-,25-/m1/s1. The normalized spacial score (nSPS) is 43.0. The fourth-order valence-electron chi connectivity index (χ4n) is 7.22. The molecule has 146 valence electrons. The Hall–Kier alpha value is -2.16. The highest BCUT2D eigenvalue weighted by Gasteiger charge is 2.57. The van der Waals surface area contributed by atoms with E-state index in [0.29, 0.717) is 23.5 Å². The van der Waals surface area contributed by atoms with E-state index >= 15 is 0 Å². The Bertz CT molecular complexity index is 912. The Kier molecular flexibility index (Phi) is 3.94. The number of pyridine rings is 1. The molecule has 1 aromatic heterocycles. The van der Waals surface area contributed by atoms with Gasteiger partial charge in [0.1, 0.15) is 5.71 Å². The van der Waals surface area contributed by atoms with Gasteiger partial charge in [-0.2, -0.15) is 0 Å². The minimum absolute atomic E-state index is 0.0922. The number of hydrogen-bond acceptors (Lipinski definition) is 3. The second-order valence-electron chi connectivity index (χ2n) is 9.81. The number of hydrogen-bond donors (Lipinski definition) is 1. The zero-order valence-corrected chi connectivity index (χ0v) is 17.1. The first-order valence-corrected chi connectivity index (χ1v) is 10.7. The Morgan fingerprint density at radius 2 is 2.11 bits per heavy atom. The number of oxime groups is 1. The van der Waals surface area contributed by atoms with Crippen LogP contribution < -0.4 is 0 Å². The molecule has 0 bridgehead atoms. The van der Waals surface area contributed by atoms with E-state index < -0.39 is 0 Å². The van der Waals surface area contributed by atoms with Crippen LogP contribution in [0, 0.1) is 34.5 Å². The molecule has 1 N–H and O–H groups in total. The lowest BCUT2D eigenvalue weighted by Gasteiger charge is -2.58. The minimum Gasteiger partial charge on any atom is -0.410 e. The van der Waals surface area contributed by atoms with Crippen LogP contribution in [-0.4, -0.2) is 15.9 Å². The molecule has 2 saturated carbocycles. The van der Waals surface area contributed by atoms with Gasteiger partial charge in [0, 0.05) is 17.8 Å². The lowest BCUT2D eigenvalue weighted by Crippen LogP contribution is -2.50. The van der Waals surface area contributed by atoms with E-state index in [2.05, 4.69) is 61.3 Å². The maximum Gasteiger partial charge on any atom is 0.102 e. The molecular formula is C25H30N2O. The average molecular weight is 375 g/mol. The summed E-state index contributed by atoms with van der Waals surface area (Å²) in [6, 6.07) is 4.29. The summed E-state index contributed by atoms with van der Waals surface area (Å²) in [5.74, 6) is 2.64. The third-order valence-corrected chi connectivity index (χ3v) is 8.56. The zero-order valence-electron chi connectivity index (χ0n) is 17.1. The molecule has 0 aromatic carbocycles. The summed E-state index contributed by atoms with van der Waals surface area (Å²) in [6.07, 6.45) is 17.8. The van der Waals surface area contributed by atoms with Gasteiger partial charge in [0.05, 0.1) is 0 Å². The van der Waals surface area contributed by atoms with Gasteiger partial charge in [0.15, 0.2) is 0 Å². The van der Waals surface area contributed by atoms with Crippen LogP contribution in [0.3, 0.4) is 0 Å². The van der Waals surface area contributed by atoms with Crippen molar-refractivity contribution in [3.63, 3.8) is 0 Å². The van der Waals surface area contributed by atoms with Gasteiger partial charge in [-0.15, -0.1) is 0 Å². The van der Waals surface area contributed by atoms with E-state index in [9.17, 15) is 5.21 Å². The zero-order chi connectivity index (χ0) is 19.5. The molecule has 3 nitrogen and oxygen atoms in total. The SMILES string of the molecule is CC1CC2C(CC[C@]3(C)C(c4cccnc4)=CCC23)[C@@]2(C)C=CC(=NO)C=C12. The van der Waals surface area contributed by atoms with E-state index in [4.69, 9.17) is 0 Å². The number of rotatable bonds is 1. The summed E-state index contributed by atoms with van der Waals surface area (Å²) < 4.78 is 0. The lowest BCUT2D eigenvalue weighted by molar-refractivity contribution is -0.0105. The largest absolute Gasteiger partial charge is 0.410 e. The first-order valence-electron chi connectivity index (χ1n) is 10.7. The van der Waals surface area contributed by atoms with Crippen LogP contribution >= 0.6 is 0 Å². The molecule has 1 heterocycles. The van der Waals surface area contributed by atoms with Crippen molar-refractivity contribution in [3.05, 3.63) is 60.0 Å². The van der Waals surface area contributed by atoms with Gasteiger partial charge >= 0.3 is 0 Å². The van der Waals surface area contributed by atoms with E-state index in [-0.39, 0.29) is 10.8 Å². The fraction of sp³-hybridized carbons (Fsp3) is 0.520. The van der Waals surface area contributed by atoms with Crippen LogP contribution in [0.4, 0.5) is 0 Å². The summed E-state index contributed by atoms with van der Waals surface area (Å²) in [4.78, 5) is 4.38. The molecule has 4 unspecified atom stereocenters. The van der Waals surface area contributed by atoms with Gasteiger partial charge in [0.25, 0.3) is 0 Å². The van der Waals surface area contributed by atoms with Crippen molar-refractivity contribution < 1.29 is 5.21 Å². The highest BCUT2D eigenvalue weighted by Crippen LogP contribution is 2.66. The Labute approximate surface area is 168 Å². The first-order chi connectivity index (χ1) is 13.5. The van der Waals surface area contributed by atoms with E-state index in [1.165, 1.54) is 42.4 Å². The van der Waals surface area contributed by atoms with Crippen molar-refractivity contribution in [2.75, 3.05) is 0 Å². The van der Waals surface area contributed by atoms with Crippen molar-refractivity contribution in [2.45, 2.75) is 46.5 Å². The Morgan fingerprint density at radius 1 is 1.25 bits per heavy atom. The van der Waals surface area contributed by atoms with E-state index in [1.54, 1.807) is 0 Å². The van der Waals surface area contributed by atoms with Crippen molar-refractivity contribution in [1.29, 1.82) is 0 Å². The van der Waals surface area contributed by atoms with E-state index in [0.717, 1.165) is 5.92 Å². The van der Waals surface area contributed by atoms with Crippen LogP contribution in [0.5, 0.6) is 0 Å². The summed E-state index contributed by atoms with van der Waals surface area (Å²) in [6.45, 7) is 7.29. The van der Waals surface area contributed by atoms with Crippen molar-refractivity contribution in [1.82, 2.24) is 4.98 Å². The average Bonchev–Trinajstić information content (AvgIpc) is 3.06. The number of fused-ring (bicyclic) bond motifs is 5. The monoisotopic (exact) mass is 374 g/mol. The van der Waals surface area contributed by atoms with Crippen molar-refractivity contribution in [2.24, 2.45) is 39.7 Å². The van der Waals surface area contributed by atoms with Crippen LogP contribution in [0.1, 0.15) is 52.0 Å². The predicted octanol–water partition coefficient (Wildman–Crippen LogP) is 5.89. The van der Waals surface area contributed by atoms with Crippen molar-refractivity contribution in [3.8, 4) is 0 Å². The fourth-order valence-corrected chi connectivity index (χ4v) is 7.22. The quantitative estimate of drug-likeness (QED) is 0.492. The molecule has 2 fully saturated rings. The van der Waals surface area contributed by atoms with Crippen LogP contribution in [0.2, 0.25) is 0 Å². The summed E-state index contributed by atoms with van der Waals surface area (Å²) in [7, 11) is 0. The number of aromatic nitrogens is 1. The molecule has 6 atom stereocenters. The van der Waals surface area contributed by atoms with Gasteiger partial charge in [-0.1, -0.05) is 49.7 Å². The second-order valence-corrected chi connectivity index (χ2v) is 9.81. The van der Waals surface area contributed by atoms with Crippen LogP contribution in [0.15, 0.2) is 59.6 Å². The minimum atomic E-state index is 0.0922. The molecule has 0 amide bonds. The first kappa shape index (κ1) is 17.9. The summed E-state index contributed by atoms with van der Waals surface area (Å²) in [5, 5.41) is 12.7. The third-order valence-electron chi connectivity index (χ3n) is 8.56. The highest BCUT2D eigenvalue weighted by molar-refractivity contribution is 6.05. The summed E-state index contributed by atoms with van der Waals surface area (Å²) in [5.41, 5.74) is 5.35. The maximum absolute atomic E-state index is 9.26. The third kappa shape index (κ3) is 2.34. The van der Waals surface area contributed by atoms with Crippen LogP contribution in [0.25, 0.3) is 5.57 Å². The van der Waals surface area contributed by atoms with E-state index in [1.807, 2.05) is 18.5 Å². The molecule has 28 heavy (non-hydrogen) atoms. The van der Waals surface area contributed by atoms with Gasteiger partial charge in [-0.25, -0.2) is 0 Å². The molecule has 0 radical (unpaired) electrons. The smallest absolute Gasteiger partial charge is 0.102 e. The molecule has 4 aliphatic carbocycles. The molecule has 5 rings (SSSR count). The summed E-state index contributed by atoms with van der Waals surface area (Å²) >= 11 is 0. The Balaban J connectivity index is 1.51. The molecular weight excluding hydrogens is 344 g/mol. The van der Waals surface area contributed by atoms with Gasteiger partial charge < -0.3 is 5.21 Å². The van der Waals surface area contributed by atoms with Crippen LogP contribution in [-0.2, 0) is 0 Å². The molecule has 0 saturated heterocycles. The Morgan fingerprint density at radius 3 is 2.86 bits per heavy atom.